The number of carbonyl (C=O) groups is 2. The van der Waals surface area contributed by atoms with E-state index in [1.807, 2.05) is 7.05 Å². The number of nitrogens with zero attached hydrogens (tertiary/aromatic N) is 1. The monoisotopic (exact) mass is 324 g/mol. The molecule has 22 heavy (non-hydrogen) atoms. The van der Waals surface area contributed by atoms with Crippen LogP contribution in [0.5, 0.6) is 0 Å². The molecule has 5 nitrogen and oxygen atoms in total. The van der Waals surface area contributed by atoms with Gasteiger partial charge in [0, 0.05) is 6.04 Å². The van der Waals surface area contributed by atoms with E-state index in [2.05, 4.69) is 10.2 Å². The van der Waals surface area contributed by atoms with E-state index in [4.69, 9.17) is 4.74 Å². The first-order valence-corrected chi connectivity index (χ1v) is 8.74. The molecule has 0 aromatic carbocycles. The van der Waals surface area contributed by atoms with Crippen molar-refractivity contribution in [2.24, 2.45) is 0 Å². The van der Waals surface area contributed by atoms with Crippen LogP contribution in [0.15, 0.2) is 11.4 Å². The minimum Gasteiger partial charge on any atom is -0.462 e. The highest BCUT2D eigenvalue weighted by molar-refractivity contribution is 7.14. The van der Waals surface area contributed by atoms with Gasteiger partial charge in [-0.05, 0) is 38.3 Å². The number of likely N-dealkylation sites (N-methyl/N-ethyl adjacent to an activating group) is 1. The van der Waals surface area contributed by atoms with E-state index in [0.717, 1.165) is 12.8 Å². The largest absolute Gasteiger partial charge is 0.462 e. The first kappa shape index (κ1) is 17.0. The van der Waals surface area contributed by atoms with Crippen molar-refractivity contribution < 1.29 is 14.3 Å². The Morgan fingerprint density at radius 1 is 1.36 bits per heavy atom. The maximum atomic E-state index is 12.2. The summed E-state index contributed by atoms with van der Waals surface area (Å²) < 4.78 is 4.99. The lowest BCUT2D eigenvalue weighted by molar-refractivity contribution is -0.117. The third-order valence-electron chi connectivity index (χ3n) is 4.00. The van der Waals surface area contributed by atoms with Crippen molar-refractivity contribution in [3.8, 4) is 0 Å². The van der Waals surface area contributed by atoms with Gasteiger partial charge in [0.05, 0.1) is 18.7 Å². The summed E-state index contributed by atoms with van der Waals surface area (Å²) in [5, 5.41) is 5.19. The fourth-order valence-electron chi connectivity index (χ4n) is 2.82. The van der Waals surface area contributed by atoms with Crippen LogP contribution >= 0.6 is 11.3 Å². The maximum Gasteiger partial charge on any atom is 0.341 e. The van der Waals surface area contributed by atoms with Gasteiger partial charge in [-0.25, -0.2) is 4.79 Å². The van der Waals surface area contributed by atoms with Gasteiger partial charge in [-0.2, -0.15) is 0 Å². The van der Waals surface area contributed by atoms with Gasteiger partial charge in [0.1, 0.15) is 5.00 Å². The zero-order chi connectivity index (χ0) is 15.9. The number of anilines is 1. The molecule has 1 N–H and O–H groups in total. The van der Waals surface area contributed by atoms with Crippen LogP contribution in [0, 0.1) is 0 Å². The minimum absolute atomic E-state index is 0.0823. The molecule has 1 aliphatic rings. The summed E-state index contributed by atoms with van der Waals surface area (Å²) in [5.74, 6) is -0.472. The van der Waals surface area contributed by atoms with Crippen LogP contribution in [0.1, 0.15) is 49.4 Å². The van der Waals surface area contributed by atoms with Gasteiger partial charge in [0.2, 0.25) is 5.91 Å². The van der Waals surface area contributed by atoms with Crippen molar-refractivity contribution in [2.75, 3.05) is 25.5 Å². The van der Waals surface area contributed by atoms with Crippen molar-refractivity contribution in [2.45, 2.75) is 45.1 Å². The minimum atomic E-state index is -0.389. The molecular formula is C16H24N2O3S. The summed E-state index contributed by atoms with van der Waals surface area (Å²) in [6, 6.07) is 2.18. The Balaban J connectivity index is 1.89. The molecule has 0 atom stereocenters. The van der Waals surface area contributed by atoms with Crippen molar-refractivity contribution in [3.05, 3.63) is 17.0 Å². The van der Waals surface area contributed by atoms with Crippen LogP contribution in [0.25, 0.3) is 0 Å². The van der Waals surface area contributed by atoms with E-state index in [9.17, 15) is 9.59 Å². The molecule has 0 spiro atoms. The van der Waals surface area contributed by atoms with Gasteiger partial charge in [0.25, 0.3) is 0 Å². The van der Waals surface area contributed by atoms with Crippen LogP contribution < -0.4 is 5.32 Å². The van der Waals surface area contributed by atoms with E-state index in [1.165, 1.54) is 30.6 Å². The summed E-state index contributed by atoms with van der Waals surface area (Å²) >= 11 is 1.34. The third-order valence-corrected chi connectivity index (χ3v) is 4.83. The second kappa shape index (κ2) is 8.29. The lowest BCUT2D eigenvalue weighted by Crippen LogP contribution is -2.39. The second-order valence-corrected chi connectivity index (χ2v) is 6.56. The normalized spacial score (nSPS) is 15.8. The first-order chi connectivity index (χ1) is 10.6. The van der Waals surface area contributed by atoms with Crippen molar-refractivity contribution in [1.29, 1.82) is 0 Å². The molecule has 6 heteroatoms. The summed E-state index contributed by atoms with van der Waals surface area (Å²) in [4.78, 5) is 26.1. The average Bonchev–Trinajstić information content (AvgIpc) is 2.96. The van der Waals surface area contributed by atoms with Gasteiger partial charge >= 0.3 is 5.97 Å². The zero-order valence-electron chi connectivity index (χ0n) is 13.3. The van der Waals surface area contributed by atoms with Gasteiger partial charge in [-0.3, -0.25) is 9.69 Å². The van der Waals surface area contributed by atoms with E-state index in [-0.39, 0.29) is 11.9 Å². The quantitative estimate of drug-likeness (QED) is 0.817. The number of nitrogens with one attached hydrogen (secondary N) is 1. The van der Waals surface area contributed by atoms with Gasteiger partial charge in [-0.1, -0.05) is 19.3 Å². The van der Waals surface area contributed by atoms with E-state index in [1.54, 1.807) is 18.4 Å². The average molecular weight is 324 g/mol. The van der Waals surface area contributed by atoms with Crippen LogP contribution in [0.4, 0.5) is 5.00 Å². The molecule has 1 heterocycles. The Labute approximate surface area is 135 Å². The fraction of sp³-hybridized carbons (Fsp3) is 0.625. The second-order valence-electron chi connectivity index (χ2n) is 5.64. The topological polar surface area (TPSA) is 58.6 Å². The third kappa shape index (κ3) is 4.55. The molecule has 0 saturated heterocycles. The van der Waals surface area contributed by atoms with Gasteiger partial charge < -0.3 is 10.1 Å². The van der Waals surface area contributed by atoms with E-state index in [0.29, 0.717) is 29.8 Å². The number of hydrogen-bond donors (Lipinski definition) is 1. The van der Waals surface area contributed by atoms with Crippen LogP contribution in [0.3, 0.4) is 0 Å². The number of ether oxygens (including phenoxy) is 1. The standard InChI is InChI=1S/C16H24N2O3S/c1-3-21-16(20)13-9-10-22-15(13)17-14(19)11-18(2)12-7-5-4-6-8-12/h9-10,12H,3-8,11H2,1-2H3,(H,17,19). The highest BCUT2D eigenvalue weighted by Crippen LogP contribution is 2.25. The Hall–Kier alpha value is -1.40. The molecule has 1 saturated carbocycles. The number of hydrogen-bond acceptors (Lipinski definition) is 5. The summed E-state index contributed by atoms with van der Waals surface area (Å²) in [7, 11) is 2.00. The molecule has 0 radical (unpaired) electrons. The SMILES string of the molecule is CCOC(=O)c1ccsc1NC(=O)CN(C)C1CCCCC1. The molecule has 0 bridgehead atoms. The number of thiophene rings is 1. The molecule has 1 aromatic heterocycles. The van der Waals surface area contributed by atoms with E-state index < -0.39 is 0 Å². The van der Waals surface area contributed by atoms with Gasteiger partial charge in [-0.15, -0.1) is 11.3 Å². The lowest BCUT2D eigenvalue weighted by Gasteiger charge is -2.30. The van der Waals surface area contributed by atoms with E-state index >= 15 is 0 Å². The molecule has 1 amide bonds. The Morgan fingerprint density at radius 3 is 2.77 bits per heavy atom. The predicted octanol–water partition coefficient (Wildman–Crippen LogP) is 3.13. The Bertz CT molecular complexity index is 509. The number of rotatable bonds is 6. The highest BCUT2D eigenvalue weighted by atomic mass is 32.1. The van der Waals surface area contributed by atoms with Crippen LogP contribution in [-0.2, 0) is 9.53 Å². The molecule has 0 unspecified atom stereocenters. The molecule has 122 valence electrons. The zero-order valence-corrected chi connectivity index (χ0v) is 14.1. The van der Waals surface area contributed by atoms with Crippen molar-refractivity contribution in [1.82, 2.24) is 4.90 Å². The molecule has 2 rings (SSSR count). The van der Waals surface area contributed by atoms with Crippen LogP contribution in [0.2, 0.25) is 0 Å². The number of amides is 1. The molecule has 1 fully saturated rings. The molecule has 1 aromatic rings. The Kier molecular flexibility index (Phi) is 6.39. The first-order valence-electron chi connectivity index (χ1n) is 7.86. The van der Waals surface area contributed by atoms with Gasteiger partial charge in [0.15, 0.2) is 0 Å². The Morgan fingerprint density at radius 2 is 2.09 bits per heavy atom. The predicted molar refractivity (Wildman–Crippen MR) is 88.4 cm³/mol. The molecule has 0 aliphatic heterocycles. The lowest BCUT2D eigenvalue weighted by atomic mass is 9.94. The summed E-state index contributed by atoms with van der Waals surface area (Å²) in [6.07, 6.45) is 6.12. The highest BCUT2D eigenvalue weighted by Gasteiger charge is 2.21. The number of carbonyl (C=O) groups excluding carboxylic acids is 2. The molecule has 1 aliphatic carbocycles. The smallest absolute Gasteiger partial charge is 0.341 e. The molecular weight excluding hydrogens is 300 g/mol. The fourth-order valence-corrected chi connectivity index (χ4v) is 3.61. The maximum absolute atomic E-state index is 12.2. The summed E-state index contributed by atoms with van der Waals surface area (Å²) in [5.41, 5.74) is 0.431. The number of esters is 1. The van der Waals surface area contributed by atoms with Crippen LogP contribution in [-0.4, -0.2) is 43.0 Å². The summed E-state index contributed by atoms with van der Waals surface area (Å²) in [6.45, 7) is 2.44. The van der Waals surface area contributed by atoms with Crippen molar-refractivity contribution >= 4 is 28.2 Å². The van der Waals surface area contributed by atoms with Crippen molar-refractivity contribution in [3.63, 3.8) is 0 Å².